The van der Waals surface area contributed by atoms with Crippen LogP contribution in [0.25, 0.3) is 0 Å². The maximum atomic E-state index is 12.5. The monoisotopic (exact) mass is 609 g/mol. The van der Waals surface area contributed by atoms with Gasteiger partial charge in [-0.15, -0.1) is 0 Å². The molecule has 1 aromatic rings. The first-order chi connectivity index (χ1) is 20.9. The molecule has 0 radical (unpaired) electrons. The summed E-state index contributed by atoms with van der Waals surface area (Å²) in [6, 6.07) is 0. The highest BCUT2D eigenvalue weighted by atomic mass is 16.6. The third-order valence-electron chi connectivity index (χ3n) is 8.50. The number of aryl methyl sites for hydroxylation is 1. The molecule has 1 rings (SSSR count). The van der Waals surface area contributed by atoms with E-state index in [4.69, 9.17) is 19.9 Å². The molecule has 0 aliphatic heterocycles. The van der Waals surface area contributed by atoms with Crippen LogP contribution in [0, 0.1) is 0 Å². The van der Waals surface area contributed by atoms with Crippen LogP contribution in [0.4, 0.5) is 10.7 Å². The summed E-state index contributed by atoms with van der Waals surface area (Å²) < 4.78 is 19.1. The van der Waals surface area contributed by atoms with E-state index in [-0.39, 0.29) is 12.7 Å². The van der Waals surface area contributed by atoms with Crippen LogP contribution in [0.2, 0.25) is 0 Å². The van der Waals surface area contributed by atoms with E-state index in [1.54, 1.807) is 18.2 Å². The van der Waals surface area contributed by atoms with Crippen LogP contribution in [0.5, 0.6) is 0 Å². The lowest BCUT2D eigenvalue weighted by Gasteiger charge is -2.28. The second kappa shape index (κ2) is 26.6. The van der Waals surface area contributed by atoms with Gasteiger partial charge in [0.15, 0.2) is 5.95 Å². The summed E-state index contributed by atoms with van der Waals surface area (Å²) in [5.74, 6) is 0.585. The van der Waals surface area contributed by atoms with E-state index in [1.807, 2.05) is 24.7 Å². The van der Waals surface area contributed by atoms with E-state index >= 15 is 0 Å². The number of hydrogen-bond donors (Lipinski definition) is 1. The molecule has 0 bridgehead atoms. The van der Waals surface area contributed by atoms with Gasteiger partial charge in [0.2, 0.25) is 0 Å². The van der Waals surface area contributed by atoms with Crippen molar-refractivity contribution >= 4 is 12.0 Å². The molecule has 1 aromatic heterocycles. The molecule has 0 saturated carbocycles. The van der Waals surface area contributed by atoms with E-state index in [1.165, 1.54) is 103 Å². The minimum absolute atomic E-state index is 0.184. The largest absolute Gasteiger partial charge is 0.446 e. The quantitative estimate of drug-likeness (QED) is 0.0876. The average Bonchev–Trinajstić information content (AvgIpc) is 3.42. The van der Waals surface area contributed by atoms with Gasteiger partial charge in [-0.1, -0.05) is 122 Å². The van der Waals surface area contributed by atoms with Crippen molar-refractivity contribution in [3.05, 3.63) is 12.4 Å². The Balaban J connectivity index is 1.94. The first-order valence-electron chi connectivity index (χ1n) is 17.7. The van der Waals surface area contributed by atoms with Crippen LogP contribution < -0.4 is 5.73 Å². The topological polar surface area (TPSA) is 91.8 Å². The Bertz CT molecular complexity index is 775. The lowest BCUT2D eigenvalue weighted by molar-refractivity contribution is -0.0956. The van der Waals surface area contributed by atoms with E-state index < -0.39 is 5.60 Å². The van der Waals surface area contributed by atoms with Gasteiger partial charge in [0.25, 0.3) is 0 Å². The number of ether oxygens (including phenoxy) is 3. The van der Waals surface area contributed by atoms with E-state index in [9.17, 15) is 4.79 Å². The van der Waals surface area contributed by atoms with Gasteiger partial charge >= 0.3 is 6.09 Å². The van der Waals surface area contributed by atoms with Gasteiger partial charge in [0.1, 0.15) is 12.2 Å². The zero-order chi connectivity index (χ0) is 31.4. The number of anilines is 1. The number of methoxy groups -OCH3 is 1. The maximum absolute atomic E-state index is 12.5. The third kappa shape index (κ3) is 21.5. The lowest BCUT2D eigenvalue weighted by atomic mass is 10.0. The highest BCUT2D eigenvalue weighted by Gasteiger charge is 2.27. The van der Waals surface area contributed by atoms with Crippen LogP contribution in [-0.2, 0) is 20.8 Å². The van der Waals surface area contributed by atoms with E-state index in [2.05, 4.69) is 11.9 Å². The number of nitrogen functional groups attached to an aromatic ring is 1. The molecule has 1 amide bonds. The standard InChI is InChI=1S/C35H68N4O4/c1-5-6-7-8-9-10-11-12-13-14-15-16-17-18-20-23-27-38(3)34(40)43-32-35(2,41-4)31-42-30-25-22-19-21-24-28-39-29-26-37-33(39)36/h26,29H,5-25,27-28,30-32H2,1-4H3,(H2,36,37). The molecule has 0 aliphatic rings. The van der Waals surface area contributed by atoms with Crippen molar-refractivity contribution in [1.82, 2.24) is 14.5 Å². The normalized spacial score (nSPS) is 12.8. The molecule has 0 spiro atoms. The fourth-order valence-electron chi connectivity index (χ4n) is 5.31. The van der Waals surface area contributed by atoms with Crippen LogP contribution in [0.3, 0.4) is 0 Å². The van der Waals surface area contributed by atoms with Gasteiger partial charge in [-0.05, 0) is 26.2 Å². The average molecular weight is 609 g/mol. The second-order valence-corrected chi connectivity index (χ2v) is 12.7. The fraction of sp³-hybridized carbons (Fsp3) is 0.886. The summed E-state index contributed by atoms with van der Waals surface area (Å²) in [7, 11) is 3.46. The fourth-order valence-corrected chi connectivity index (χ4v) is 5.31. The molecule has 43 heavy (non-hydrogen) atoms. The smallest absolute Gasteiger partial charge is 0.409 e. The summed E-state index contributed by atoms with van der Waals surface area (Å²) in [6.45, 7) is 7.13. The second-order valence-electron chi connectivity index (χ2n) is 12.7. The van der Waals surface area contributed by atoms with Gasteiger partial charge in [-0.2, -0.15) is 0 Å². The number of unbranched alkanes of at least 4 members (excludes halogenated alkanes) is 19. The van der Waals surface area contributed by atoms with Gasteiger partial charge in [-0.3, -0.25) is 0 Å². The van der Waals surface area contributed by atoms with Crippen LogP contribution in [-0.4, -0.2) is 66.7 Å². The maximum Gasteiger partial charge on any atom is 0.409 e. The minimum Gasteiger partial charge on any atom is -0.446 e. The number of nitrogens with zero attached hydrogens (tertiary/aromatic N) is 3. The Labute approximate surface area is 264 Å². The molecule has 1 heterocycles. The Morgan fingerprint density at radius 2 is 1.33 bits per heavy atom. The third-order valence-corrected chi connectivity index (χ3v) is 8.50. The summed E-state index contributed by atoms with van der Waals surface area (Å²) in [5.41, 5.74) is 5.15. The van der Waals surface area contributed by atoms with Gasteiger partial charge < -0.3 is 29.4 Å². The highest BCUT2D eigenvalue weighted by Crippen LogP contribution is 2.15. The van der Waals surface area contributed by atoms with Crippen molar-refractivity contribution in [2.45, 2.75) is 161 Å². The molecular formula is C35H68N4O4. The zero-order valence-electron chi connectivity index (χ0n) is 28.6. The predicted octanol–water partition coefficient (Wildman–Crippen LogP) is 9.17. The zero-order valence-corrected chi connectivity index (χ0v) is 28.6. The van der Waals surface area contributed by atoms with Gasteiger partial charge in [0.05, 0.1) is 6.61 Å². The number of rotatable bonds is 30. The molecule has 0 saturated heterocycles. The van der Waals surface area contributed by atoms with Crippen LogP contribution in [0.15, 0.2) is 12.4 Å². The van der Waals surface area contributed by atoms with Crippen molar-refractivity contribution in [3.63, 3.8) is 0 Å². The Hall–Kier alpha value is -1.80. The van der Waals surface area contributed by atoms with E-state index in [0.29, 0.717) is 19.2 Å². The van der Waals surface area contributed by atoms with Crippen LogP contribution >= 0.6 is 0 Å². The molecule has 0 fully saturated rings. The van der Waals surface area contributed by atoms with Crippen molar-refractivity contribution in [1.29, 1.82) is 0 Å². The Morgan fingerprint density at radius 3 is 1.84 bits per heavy atom. The Morgan fingerprint density at radius 1 is 0.814 bits per heavy atom. The number of nitrogens with two attached hydrogens (primary N) is 1. The SMILES string of the molecule is CCCCCCCCCCCCCCCCCCN(C)C(=O)OCC(C)(COCCCCCCCn1ccnc1N)OC. The first kappa shape index (κ1) is 39.2. The number of imidazole rings is 1. The molecule has 1 unspecified atom stereocenters. The van der Waals surface area contributed by atoms with Crippen molar-refractivity contribution in [2.24, 2.45) is 0 Å². The number of carbonyl (C=O) groups excluding carboxylic acids is 1. The molecule has 8 heteroatoms. The summed E-state index contributed by atoms with van der Waals surface area (Å²) in [5, 5.41) is 0. The molecule has 252 valence electrons. The number of carbonyl (C=O) groups is 1. The summed E-state index contributed by atoms with van der Waals surface area (Å²) >= 11 is 0. The molecule has 0 aliphatic carbocycles. The van der Waals surface area contributed by atoms with Gasteiger partial charge in [-0.25, -0.2) is 9.78 Å². The van der Waals surface area contributed by atoms with Crippen LogP contribution in [0.1, 0.15) is 149 Å². The highest BCUT2D eigenvalue weighted by molar-refractivity contribution is 5.67. The Kier molecular flexibility index (Phi) is 24.3. The van der Waals surface area contributed by atoms with Crippen molar-refractivity contribution < 1.29 is 19.0 Å². The molecule has 8 nitrogen and oxygen atoms in total. The predicted molar refractivity (Wildman–Crippen MR) is 179 cm³/mol. The summed E-state index contributed by atoms with van der Waals surface area (Å²) in [4.78, 5) is 18.2. The summed E-state index contributed by atoms with van der Waals surface area (Å²) in [6.07, 6.45) is 30.5. The number of amides is 1. The van der Waals surface area contributed by atoms with E-state index in [0.717, 1.165) is 45.2 Å². The molecule has 2 N–H and O–H groups in total. The number of aromatic nitrogens is 2. The van der Waals surface area contributed by atoms with Gasteiger partial charge in [0, 0.05) is 46.2 Å². The minimum atomic E-state index is -0.643. The first-order valence-corrected chi connectivity index (χ1v) is 17.7. The number of hydrogen-bond acceptors (Lipinski definition) is 6. The molecule has 0 aromatic carbocycles. The lowest BCUT2D eigenvalue weighted by Crippen LogP contribution is -2.41. The van der Waals surface area contributed by atoms with Crippen molar-refractivity contribution in [3.8, 4) is 0 Å². The van der Waals surface area contributed by atoms with Crippen molar-refractivity contribution in [2.75, 3.05) is 46.3 Å². The molecular weight excluding hydrogens is 540 g/mol. The molecule has 1 atom stereocenters.